The molecule has 2 rings (SSSR count). The molecule has 14 heavy (non-hydrogen) atoms. The molecule has 0 amide bonds. The molecule has 1 aromatic heterocycles. The third kappa shape index (κ3) is 2.46. The second kappa shape index (κ2) is 4.43. The number of aromatic nitrogens is 1. The van der Waals surface area contributed by atoms with E-state index in [9.17, 15) is 0 Å². The Morgan fingerprint density at radius 2 is 2.21 bits per heavy atom. The number of hydrogen-bond acceptors (Lipinski definition) is 5. The van der Waals surface area contributed by atoms with E-state index in [2.05, 4.69) is 10.1 Å². The summed E-state index contributed by atoms with van der Waals surface area (Å²) in [6.07, 6.45) is 0.890. The Bertz CT molecular complexity index is 281. The van der Waals surface area contributed by atoms with E-state index in [-0.39, 0.29) is 0 Å². The molecule has 5 nitrogen and oxygen atoms in total. The topological polar surface area (TPSA) is 64.5 Å². The van der Waals surface area contributed by atoms with Crippen LogP contribution in [0.5, 0.6) is 0 Å². The highest BCUT2D eigenvalue weighted by molar-refractivity contribution is 5.24. The molecule has 0 saturated carbocycles. The van der Waals surface area contributed by atoms with Crippen molar-refractivity contribution in [3.8, 4) is 0 Å². The van der Waals surface area contributed by atoms with Crippen LogP contribution in [0.3, 0.4) is 0 Å². The van der Waals surface area contributed by atoms with Gasteiger partial charge >= 0.3 is 0 Å². The summed E-state index contributed by atoms with van der Waals surface area (Å²) in [5.41, 5.74) is 6.35. The highest BCUT2D eigenvalue weighted by atomic mass is 16.5. The Labute approximate surface area is 82.8 Å². The normalized spacial score (nSPS) is 18.6. The molecule has 5 heteroatoms. The third-order valence-electron chi connectivity index (χ3n) is 2.37. The summed E-state index contributed by atoms with van der Waals surface area (Å²) in [5, 5.41) is 3.84. The van der Waals surface area contributed by atoms with Crippen LogP contribution < -0.4 is 5.73 Å². The highest BCUT2D eigenvalue weighted by Gasteiger charge is 2.10. The van der Waals surface area contributed by atoms with Crippen molar-refractivity contribution in [2.45, 2.75) is 6.42 Å². The van der Waals surface area contributed by atoms with Gasteiger partial charge in [-0.1, -0.05) is 5.16 Å². The first-order chi connectivity index (χ1) is 6.84. The zero-order valence-corrected chi connectivity index (χ0v) is 8.11. The van der Waals surface area contributed by atoms with Crippen molar-refractivity contribution in [1.82, 2.24) is 10.1 Å². The minimum absolute atomic E-state index is 0.391. The minimum Gasteiger partial charge on any atom is -0.379 e. The van der Waals surface area contributed by atoms with E-state index >= 15 is 0 Å². The van der Waals surface area contributed by atoms with Gasteiger partial charge < -0.3 is 15.0 Å². The Kier molecular flexibility index (Phi) is 3.00. The van der Waals surface area contributed by atoms with Gasteiger partial charge in [0.2, 0.25) is 5.88 Å². The van der Waals surface area contributed by atoms with Gasteiger partial charge in [0.15, 0.2) is 0 Å². The summed E-state index contributed by atoms with van der Waals surface area (Å²) >= 11 is 0. The smallest absolute Gasteiger partial charge is 0.222 e. The molecule has 0 atom stereocenters. The lowest BCUT2D eigenvalue weighted by Crippen LogP contribution is -2.37. The molecule has 1 aliphatic heterocycles. The summed E-state index contributed by atoms with van der Waals surface area (Å²) in [4.78, 5) is 2.36. The molecule has 2 N–H and O–H groups in total. The van der Waals surface area contributed by atoms with Crippen LogP contribution in [0.1, 0.15) is 5.69 Å². The lowest BCUT2D eigenvalue weighted by atomic mass is 10.3. The van der Waals surface area contributed by atoms with Crippen molar-refractivity contribution in [2.75, 3.05) is 38.6 Å². The first-order valence-corrected chi connectivity index (χ1v) is 4.86. The fourth-order valence-corrected chi connectivity index (χ4v) is 1.54. The Hall–Kier alpha value is -1.07. The number of nitrogen functional groups attached to an aromatic ring is 1. The van der Waals surface area contributed by atoms with Crippen LogP contribution in [-0.2, 0) is 11.2 Å². The predicted octanol–water partition coefficient (Wildman–Crippen LogP) is 0.131. The molecule has 1 aromatic rings. The van der Waals surface area contributed by atoms with Crippen molar-refractivity contribution >= 4 is 5.88 Å². The number of ether oxygens (including phenoxy) is 1. The molecule has 0 unspecified atom stereocenters. The van der Waals surface area contributed by atoms with Gasteiger partial charge in [-0.05, 0) is 0 Å². The van der Waals surface area contributed by atoms with Crippen molar-refractivity contribution in [3.63, 3.8) is 0 Å². The molecule has 1 aliphatic rings. The van der Waals surface area contributed by atoms with E-state index in [1.165, 1.54) is 0 Å². The molecular weight excluding hydrogens is 182 g/mol. The molecule has 78 valence electrons. The quantitative estimate of drug-likeness (QED) is 0.746. The molecular formula is C9H15N3O2. The summed E-state index contributed by atoms with van der Waals surface area (Å²) in [6.45, 7) is 4.68. The van der Waals surface area contributed by atoms with E-state index in [1.54, 1.807) is 6.07 Å². The molecule has 2 heterocycles. The van der Waals surface area contributed by atoms with E-state index in [0.717, 1.165) is 45.0 Å². The molecule has 1 fully saturated rings. The largest absolute Gasteiger partial charge is 0.379 e. The Morgan fingerprint density at radius 1 is 1.43 bits per heavy atom. The van der Waals surface area contributed by atoms with Crippen LogP contribution in [0, 0.1) is 0 Å². The van der Waals surface area contributed by atoms with Gasteiger partial charge in [0, 0.05) is 32.1 Å². The first-order valence-electron chi connectivity index (χ1n) is 4.86. The van der Waals surface area contributed by atoms with Crippen LogP contribution >= 0.6 is 0 Å². The van der Waals surface area contributed by atoms with Crippen LogP contribution in [0.15, 0.2) is 10.6 Å². The maximum atomic E-state index is 5.42. The number of hydrogen-bond donors (Lipinski definition) is 1. The molecule has 0 bridgehead atoms. The molecule has 0 spiro atoms. The highest BCUT2D eigenvalue weighted by Crippen LogP contribution is 2.06. The Morgan fingerprint density at radius 3 is 2.86 bits per heavy atom. The average molecular weight is 197 g/mol. The molecule has 1 saturated heterocycles. The zero-order valence-electron chi connectivity index (χ0n) is 8.11. The van der Waals surface area contributed by atoms with Crippen molar-refractivity contribution in [3.05, 3.63) is 11.8 Å². The van der Waals surface area contributed by atoms with Crippen LogP contribution in [-0.4, -0.2) is 42.9 Å². The lowest BCUT2D eigenvalue weighted by Gasteiger charge is -2.25. The van der Waals surface area contributed by atoms with Gasteiger partial charge in [-0.25, -0.2) is 0 Å². The van der Waals surface area contributed by atoms with E-state index in [1.807, 2.05) is 0 Å². The summed E-state index contributed by atoms with van der Waals surface area (Å²) in [6, 6.07) is 1.78. The SMILES string of the molecule is Nc1cc(CCN2CCOCC2)no1. The Balaban J connectivity index is 1.76. The summed E-state index contributed by atoms with van der Waals surface area (Å²) in [7, 11) is 0. The van der Waals surface area contributed by atoms with Gasteiger partial charge in [0.25, 0.3) is 0 Å². The second-order valence-electron chi connectivity index (χ2n) is 3.42. The number of rotatable bonds is 3. The van der Waals surface area contributed by atoms with Crippen LogP contribution in [0.2, 0.25) is 0 Å². The van der Waals surface area contributed by atoms with Gasteiger partial charge in [0.05, 0.1) is 18.9 Å². The van der Waals surface area contributed by atoms with Crippen molar-refractivity contribution in [1.29, 1.82) is 0 Å². The van der Waals surface area contributed by atoms with Crippen LogP contribution in [0.25, 0.3) is 0 Å². The monoisotopic (exact) mass is 197 g/mol. The summed E-state index contributed by atoms with van der Waals surface area (Å²) < 4.78 is 10.0. The van der Waals surface area contributed by atoms with E-state index in [0.29, 0.717) is 5.88 Å². The van der Waals surface area contributed by atoms with Crippen LogP contribution in [0.4, 0.5) is 5.88 Å². The number of nitrogens with zero attached hydrogens (tertiary/aromatic N) is 2. The van der Waals surface area contributed by atoms with Crippen molar-refractivity contribution in [2.24, 2.45) is 0 Å². The molecule has 0 aliphatic carbocycles. The van der Waals surface area contributed by atoms with Crippen molar-refractivity contribution < 1.29 is 9.26 Å². The average Bonchev–Trinajstić information content (AvgIpc) is 2.63. The maximum absolute atomic E-state index is 5.42. The standard InChI is InChI=1S/C9H15N3O2/c10-9-7-8(11-14-9)1-2-12-3-5-13-6-4-12/h7H,1-6,10H2. The van der Waals surface area contributed by atoms with Gasteiger partial charge in [-0.2, -0.15) is 0 Å². The third-order valence-corrected chi connectivity index (χ3v) is 2.37. The van der Waals surface area contributed by atoms with E-state index in [4.69, 9.17) is 15.0 Å². The first kappa shape index (κ1) is 9.48. The van der Waals surface area contributed by atoms with E-state index < -0.39 is 0 Å². The van der Waals surface area contributed by atoms with Gasteiger partial charge in [-0.15, -0.1) is 0 Å². The zero-order chi connectivity index (χ0) is 9.80. The lowest BCUT2D eigenvalue weighted by molar-refractivity contribution is 0.0382. The molecule has 0 aromatic carbocycles. The molecule has 0 radical (unpaired) electrons. The fourth-order valence-electron chi connectivity index (χ4n) is 1.54. The number of anilines is 1. The van der Waals surface area contributed by atoms with Gasteiger partial charge in [0.1, 0.15) is 0 Å². The number of nitrogens with two attached hydrogens (primary N) is 1. The van der Waals surface area contributed by atoms with Gasteiger partial charge in [-0.3, -0.25) is 4.90 Å². The second-order valence-corrected chi connectivity index (χ2v) is 3.42. The predicted molar refractivity (Wildman–Crippen MR) is 51.9 cm³/mol. The summed E-state index contributed by atoms with van der Waals surface area (Å²) in [5.74, 6) is 0.391. The fraction of sp³-hybridized carbons (Fsp3) is 0.667. The maximum Gasteiger partial charge on any atom is 0.222 e. The number of morpholine rings is 1. The minimum atomic E-state index is 0.391.